The average molecular weight is 363 g/mol. The summed E-state index contributed by atoms with van der Waals surface area (Å²) in [5, 5.41) is 1.04. The zero-order chi connectivity index (χ0) is 17.6. The minimum Gasteiger partial charge on any atom is -0.332 e. The summed E-state index contributed by atoms with van der Waals surface area (Å²) in [5.74, 6) is 2.08. The molecule has 1 aliphatic carbocycles. The van der Waals surface area contributed by atoms with Gasteiger partial charge in [-0.15, -0.1) is 0 Å². The van der Waals surface area contributed by atoms with E-state index < -0.39 is 0 Å². The van der Waals surface area contributed by atoms with Crippen LogP contribution >= 0.6 is 11.8 Å². The molecule has 0 atom stereocenters. The second-order valence-electron chi connectivity index (χ2n) is 7.14. The van der Waals surface area contributed by atoms with Crippen LogP contribution in [0.2, 0.25) is 0 Å². The minimum absolute atomic E-state index is 0.924. The van der Waals surface area contributed by atoms with Crippen molar-refractivity contribution in [2.24, 2.45) is 5.92 Å². The summed E-state index contributed by atoms with van der Waals surface area (Å²) in [6.45, 7) is 0. The van der Waals surface area contributed by atoms with E-state index in [1.165, 1.54) is 49.7 Å². The number of benzene rings is 2. The molecule has 1 fully saturated rings. The Bertz CT molecular complexity index is 748. The van der Waals surface area contributed by atoms with Gasteiger partial charge in [0.2, 0.25) is 0 Å². The Morgan fingerprint density at radius 1 is 0.846 bits per heavy atom. The number of imidazole rings is 1. The molecule has 0 aliphatic heterocycles. The first-order valence-electron chi connectivity index (χ1n) is 9.74. The van der Waals surface area contributed by atoms with Crippen LogP contribution in [-0.2, 0) is 0 Å². The summed E-state index contributed by atoms with van der Waals surface area (Å²) < 4.78 is 0. The van der Waals surface area contributed by atoms with Crippen molar-refractivity contribution in [3.8, 4) is 22.5 Å². The molecule has 4 rings (SSSR count). The first-order chi connectivity index (χ1) is 12.9. The van der Waals surface area contributed by atoms with Gasteiger partial charge in [0.15, 0.2) is 5.16 Å². The summed E-state index contributed by atoms with van der Waals surface area (Å²) in [7, 11) is 0. The molecular formula is C23H26N2S. The van der Waals surface area contributed by atoms with Gasteiger partial charge in [0.25, 0.3) is 0 Å². The van der Waals surface area contributed by atoms with Crippen LogP contribution in [0.3, 0.4) is 0 Å². The zero-order valence-electron chi connectivity index (χ0n) is 15.2. The van der Waals surface area contributed by atoms with E-state index >= 15 is 0 Å². The fourth-order valence-electron chi connectivity index (χ4n) is 3.84. The average Bonchev–Trinajstić information content (AvgIpc) is 3.14. The molecule has 26 heavy (non-hydrogen) atoms. The summed E-state index contributed by atoms with van der Waals surface area (Å²) in [4.78, 5) is 8.53. The lowest BCUT2D eigenvalue weighted by molar-refractivity contribution is 0.351. The molecule has 2 aromatic carbocycles. The van der Waals surface area contributed by atoms with Crippen molar-refractivity contribution in [3.63, 3.8) is 0 Å². The molecule has 1 N–H and O–H groups in total. The van der Waals surface area contributed by atoms with Crippen LogP contribution in [0.4, 0.5) is 0 Å². The molecule has 1 aliphatic rings. The van der Waals surface area contributed by atoms with Gasteiger partial charge in [0.1, 0.15) is 0 Å². The number of hydrogen-bond donors (Lipinski definition) is 1. The van der Waals surface area contributed by atoms with Crippen LogP contribution < -0.4 is 0 Å². The van der Waals surface area contributed by atoms with Crippen molar-refractivity contribution in [1.29, 1.82) is 0 Å². The highest BCUT2D eigenvalue weighted by atomic mass is 32.2. The molecule has 1 aromatic heterocycles. The van der Waals surface area contributed by atoms with E-state index in [9.17, 15) is 0 Å². The standard InChI is InChI=1S/C23H26N2S/c1-4-10-18(11-5-1)16-17-26-23-24-21(19-12-6-2-7-13-19)22(25-23)20-14-8-3-9-15-20/h2-3,6-9,12-15,18H,1,4-5,10-11,16-17H2,(H,24,25). The van der Waals surface area contributed by atoms with E-state index in [0.29, 0.717) is 0 Å². The molecule has 0 spiro atoms. The SMILES string of the molecule is c1ccc(-c2nc(SCCC3CCCCC3)[nH]c2-c2ccccc2)cc1. The van der Waals surface area contributed by atoms with Gasteiger partial charge in [0, 0.05) is 16.9 Å². The van der Waals surface area contributed by atoms with Crippen molar-refractivity contribution < 1.29 is 0 Å². The van der Waals surface area contributed by atoms with E-state index in [-0.39, 0.29) is 0 Å². The Hall–Kier alpha value is -2.00. The van der Waals surface area contributed by atoms with Crippen LogP contribution in [0.5, 0.6) is 0 Å². The van der Waals surface area contributed by atoms with Gasteiger partial charge in [-0.3, -0.25) is 0 Å². The van der Waals surface area contributed by atoms with Gasteiger partial charge in [-0.25, -0.2) is 4.98 Å². The van der Waals surface area contributed by atoms with Crippen molar-refractivity contribution in [1.82, 2.24) is 9.97 Å². The molecule has 0 saturated heterocycles. The molecule has 1 heterocycles. The maximum atomic E-state index is 4.95. The second-order valence-corrected chi connectivity index (χ2v) is 8.22. The van der Waals surface area contributed by atoms with Gasteiger partial charge in [-0.05, 0) is 12.3 Å². The monoisotopic (exact) mass is 362 g/mol. The summed E-state index contributed by atoms with van der Waals surface area (Å²) in [6.07, 6.45) is 8.43. The maximum absolute atomic E-state index is 4.95. The lowest BCUT2D eigenvalue weighted by Gasteiger charge is -2.20. The van der Waals surface area contributed by atoms with Crippen LogP contribution in [0.25, 0.3) is 22.5 Å². The maximum Gasteiger partial charge on any atom is 0.166 e. The van der Waals surface area contributed by atoms with Crippen LogP contribution in [0.15, 0.2) is 65.8 Å². The van der Waals surface area contributed by atoms with Crippen molar-refractivity contribution in [2.75, 3.05) is 5.75 Å². The lowest BCUT2D eigenvalue weighted by Crippen LogP contribution is -2.06. The number of rotatable bonds is 6. The number of nitrogens with one attached hydrogen (secondary N) is 1. The predicted octanol–water partition coefficient (Wildman–Crippen LogP) is 6.81. The molecule has 2 nitrogen and oxygen atoms in total. The molecule has 0 unspecified atom stereocenters. The third-order valence-corrected chi connectivity index (χ3v) is 6.19. The highest BCUT2D eigenvalue weighted by Gasteiger charge is 2.16. The molecular weight excluding hydrogens is 336 g/mol. The predicted molar refractivity (Wildman–Crippen MR) is 111 cm³/mol. The van der Waals surface area contributed by atoms with Crippen molar-refractivity contribution in [3.05, 3.63) is 60.7 Å². The van der Waals surface area contributed by atoms with E-state index in [1.807, 2.05) is 11.8 Å². The number of nitrogens with zero attached hydrogens (tertiary/aromatic N) is 1. The Morgan fingerprint density at radius 2 is 1.50 bits per heavy atom. The fourth-order valence-corrected chi connectivity index (χ4v) is 4.81. The molecule has 3 heteroatoms. The topological polar surface area (TPSA) is 28.7 Å². The van der Waals surface area contributed by atoms with E-state index in [2.05, 4.69) is 65.6 Å². The number of H-pyrrole nitrogens is 1. The van der Waals surface area contributed by atoms with E-state index in [0.717, 1.165) is 28.2 Å². The third kappa shape index (κ3) is 4.21. The Kier molecular flexibility index (Phi) is 5.75. The largest absolute Gasteiger partial charge is 0.332 e. The summed E-state index contributed by atoms with van der Waals surface area (Å²) in [5.41, 5.74) is 4.54. The van der Waals surface area contributed by atoms with E-state index in [4.69, 9.17) is 4.98 Å². The molecule has 1 saturated carbocycles. The third-order valence-electron chi connectivity index (χ3n) is 5.28. The van der Waals surface area contributed by atoms with Crippen molar-refractivity contribution >= 4 is 11.8 Å². The van der Waals surface area contributed by atoms with Gasteiger partial charge in [0.05, 0.1) is 11.4 Å². The fraction of sp³-hybridized carbons (Fsp3) is 0.348. The number of aromatic amines is 1. The Balaban J connectivity index is 1.53. The summed E-state index contributed by atoms with van der Waals surface area (Å²) in [6, 6.07) is 21.0. The Labute approximate surface area is 160 Å². The zero-order valence-corrected chi connectivity index (χ0v) is 16.0. The molecule has 0 bridgehead atoms. The van der Waals surface area contributed by atoms with E-state index in [1.54, 1.807) is 0 Å². The van der Waals surface area contributed by atoms with Gasteiger partial charge < -0.3 is 4.98 Å². The normalized spacial score (nSPS) is 15.2. The molecule has 0 amide bonds. The quantitative estimate of drug-likeness (QED) is 0.488. The number of thioether (sulfide) groups is 1. The minimum atomic E-state index is 0.924. The van der Waals surface area contributed by atoms with Gasteiger partial charge >= 0.3 is 0 Å². The van der Waals surface area contributed by atoms with Crippen LogP contribution in [-0.4, -0.2) is 15.7 Å². The molecule has 0 radical (unpaired) electrons. The highest BCUT2D eigenvalue weighted by Crippen LogP contribution is 2.34. The summed E-state index contributed by atoms with van der Waals surface area (Å²) >= 11 is 1.87. The highest BCUT2D eigenvalue weighted by molar-refractivity contribution is 7.99. The second kappa shape index (κ2) is 8.59. The molecule has 3 aromatic rings. The molecule has 134 valence electrons. The first kappa shape index (κ1) is 17.4. The van der Waals surface area contributed by atoms with Gasteiger partial charge in [-0.2, -0.15) is 0 Å². The Morgan fingerprint density at radius 3 is 2.19 bits per heavy atom. The lowest BCUT2D eigenvalue weighted by atomic mass is 9.88. The number of hydrogen-bond acceptors (Lipinski definition) is 2. The smallest absolute Gasteiger partial charge is 0.166 e. The number of aromatic nitrogens is 2. The van der Waals surface area contributed by atoms with Crippen molar-refractivity contribution in [2.45, 2.75) is 43.7 Å². The first-order valence-corrected chi connectivity index (χ1v) is 10.7. The van der Waals surface area contributed by atoms with Gasteiger partial charge in [-0.1, -0.05) is 105 Å². The van der Waals surface area contributed by atoms with Crippen LogP contribution in [0.1, 0.15) is 38.5 Å². The van der Waals surface area contributed by atoms with Crippen LogP contribution in [0, 0.1) is 5.92 Å².